The minimum atomic E-state index is -0.657. The molecule has 0 amide bonds. The molecule has 14 heteroatoms. The van der Waals surface area contributed by atoms with Crippen molar-refractivity contribution in [3.05, 3.63) is 80.5 Å². The second-order valence-electron chi connectivity index (χ2n) is 9.01. The number of esters is 2. The monoisotopic (exact) mass is 616 g/mol. The highest BCUT2D eigenvalue weighted by Crippen LogP contribution is 2.26. The van der Waals surface area contributed by atoms with Crippen molar-refractivity contribution in [3.63, 3.8) is 0 Å². The predicted octanol–water partition coefficient (Wildman–Crippen LogP) is 2.65. The largest absolute Gasteiger partial charge is 0.508 e. The Morgan fingerprint density at radius 1 is 0.738 bits per heavy atom. The van der Waals surface area contributed by atoms with E-state index in [9.17, 15) is 29.4 Å². The molecule has 0 fully saturated rings. The van der Waals surface area contributed by atoms with E-state index < -0.39 is 35.3 Å². The fourth-order valence-electron chi connectivity index (χ4n) is 3.95. The summed E-state index contributed by atoms with van der Waals surface area (Å²) in [6, 6.07) is 9.84. The van der Waals surface area contributed by atoms with Crippen molar-refractivity contribution in [1.29, 1.82) is 0 Å². The van der Waals surface area contributed by atoms with Gasteiger partial charge in [0.25, 0.3) is 0 Å². The van der Waals surface area contributed by atoms with E-state index >= 15 is 0 Å². The van der Waals surface area contributed by atoms with Gasteiger partial charge in [-0.1, -0.05) is 21.6 Å². The predicted molar refractivity (Wildman–Crippen MR) is 159 cm³/mol. The highest BCUT2D eigenvalue weighted by Gasteiger charge is 2.22. The molecule has 12 nitrogen and oxygen atoms in total. The topological polar surface area (TPSA) is 178 Å². The molecule has 0 aliphatic carbocycles. The summed E-state index contributed by atoms with van der Waals surface area (Å²) >= 11 is 0. The van der Waals surface area contributed by atoms with Crippen molar-refractivity contribution in [2.24, 2.45) is 0 Å². The molecule has 4 N–H and O–H groups in total. The van der Waals surface area contributed by atoms with Gasteiger partial charge in [0.05, 0.1) is 0 Å². The summed E-state index contributed by atoms with van der Waals surface area (Å²) in [6.07, 6.45) is 0. The maximum absolute atomic E-state index is 12.7. The Kier molecular flexibility index (Phi) is 10.5. The number of carbonyl (C=O) groups excluding carboxylic acids is 2. The third kappa shape index (κ3) is 7.85. The average Bonchev–Trinajstić information content (AvgIpc) is 2.95. The van der Waals surface area contributed by atoms with Crippen molar-refractivity contribution in [2.75, 3.05) is 25.6 Å². The zero-order valence-electron chi connectivity index (χ0n) is 22.6. The lowest BCUT2D eigenvalue weighted by Crippen LogP contribution is -2.38. The van der Waals surface area contributed by atoms with Crippen LogP contribution in [0.25, 0.3) is 21.9 Å². The third-order valence-corrected chi connectivity index (χ3v) is 8.61. The van der Waals surface area contributed by atoms with Gasteiger partial charge in [0.1, 0.15) is 48.0 Å². The van der Waals surface area contributed by atoms with Crippen LogP contribution in [0.5, 0.6) is 11.5 Å². The molecule has 0 aliphatic heterocycles. The quantitative estimate of drug-likeness (QED) is 0.0746. The Morgan fingerprint density at radius 2 is 1.14 bits per heavy atom. The minimum Gasteiger partial charge on any atom is -0.508 e. The van der Waals surface area contributed by atoms with Gasteiger partial charge >= 0.3 is 23.2 Å². The number of nitrogens with one attached hydrogen (secondary N) is 2. The van der Waals surface area contributed by atoms with Gasteiger partial charge in [-0.2, -0.15) is 0 Å². The summed E-state index contributed by atoms with van der Waals surface area (Å²) in [5.74, 6) is -0.504. The average molecular weight is 617 g/mol. The number of benzene rings is 2. The van der Waals surface area contributed by atoms with Gasteiger partial charge in [-0.3, -0.25) is 9.59 Å². The van der Waals surface area contributed by atoms with Gasteiger partial charge in [-0.05, 0) is 38.4 Å². The van der Waals surface area contributed by atoms with Crippen molar-refractivity contribution in [1.82, 2.24) is 10.6 Å². The molecule has 2 heterocycles. The number of rotatable bonds is 13. The number of fused-ring (bicyclic) bond motifs is 2. The molecule has 4 aromatic rings. The molecular formula is C28H28N2O10S2. The number of aromatic hydroxyl groups is 2. The van der Waals surface area contributed by atoms with Crippen molar-refractivity contribution >= 4 is 55.5 Å². The van der Waals surface area contributed by atoms with Gasteiger partial charge in [-0.25, -0.2) is 9.59 Å². The SMILES string of the molecule is CN[C@@H](CSSC[C@H](NC)C(=O)OCc1cc(=O)oc2cc(O)ccc12)C(=O)OCc1cc(=O)oc2cc(O)ccc12. The van der Waals surface area contributed by atoms with E-state index in [-0.39, 0.29) is 35.9 Å². The van der Waals surface area contributed by atoms with Crippen LogP contribution in [0.4, 0.5) is 0 Å². The van der Waals surface area contributed by atoms with Crippen LogP contribution >= 0.6 is 21.6 Å². The molecule has 0 radical (unpaired) electrons. The number of phenols is 2. The summed E-state index contributed by atoms with van der Waals surface area (Å²) in [5.41, 5.74) is 0.0142. The second kappa shape index (κ2) is 14.3. The first kappa shape index (κ1) is 31.0. The lowest BCUT2D eigenvalue weighted by atomic mass is 10.1. The number of phenolic OH excluding ortho intramolecular Hbond substituents is 2. The smallest absolute Gasteiger partial charge is 0.336 e. The fourth-order valence-corrected chi connectivity index (χ4v) is 6.41. The molecular weight excluding hydrogens is 588 g/mol. The Labute approximate surface area is 246 Å². The van der Waals surface area contributed by atoms with Crippen LogP contribution in [0.1, 0.15) is 11.1 Å². The van der Waals surface area contributed by atoms with Crippen LogP contribution < -0.4 is 21.9 Å². The molecule has 222 valence electrons. The normalized spacial score (nSPS) is 12.7. The van der Waals surface area contributed by atoms with Gasteiger partial charge in [0.15, 0.2) is 0 Å². The lowest BCUT2D eigenvalue weighted by molar-refractivity contribution is -0.147. The highest BCUT2D eigenvalue weighted by atomic mass is 33.1. The first-order valence-electron chi connectivity index (χ1n) is 12.6. The number of likely N-dealkylation sites (N-methyl/N-ethyl adjacent to an activating group) is 2. The first-order chi connectivity index (χ1) is 20.2. The van der Waals surface area contributed by atoms with Gasteiger partial charge in [0.2, 0.25) is 0 Å². The Balaban J connectivity index is 1.26. The first-order valence-corrected chi connectivity index (χ1v) is 15.1. The maximum atomic E-state index is 12.7. The second-order valence-corrected chi connectivity index (χ2v) is 11.6. The standard InChI is InChI=1S/C28H28N2O10S2/c1-29-21(27(35)37-11-15-7-25(33)39-23-9-17(31)3-5-19(15)23)13-41-42-14-22(30-2)28(36)38-12-16-8-26(34)40-24-10-18(32)4-6-20(16)24/h3-10,21-22,29-32H,11-14H2,1-2H3/t21-,22-/m0/s1. The highest BCUT2D eigenvalue weighted by molar-refractivity contribution is 8.76. The molecule has 0 unspecified atom stereocenters. The molecule has 0 spiro atoms. The number of ether oxygens (including phenoxy) is 2. The van der Waals surface area contributed by atoms with Crippen LogP contribution in [-0.4, -0.2) is 59.8 Å². The van der Waals surface area contributed by atoms with E-state index in [1.165, 1.54) is 58.0 Å². The van der Waals surface area contributed by atoms with E-state index in [0.717, 1.165) is 0 Å². The van der Waals surface area contributed by atoms with Crippen LogP contribution in [0, 0.1) is 0 Å². The van der Waals surface area contributed by atoms with Crippen molar-refractivity contribution in [3.8, 4) is 11.5 Å². The zero-order valence-corrected chi connectivity index (χ0v) is 24.2. The Morgan fingerprint density at radius 3 is 1.52 bits per heavy atom. The molecule has 0 saturated carbocycles. The van der Waals surface area contributed by atoms with Crippen LogP contribution in [-0.2, 0) is 32.3 Å². The van der Waals surface area contributed by atoms with E-state index in [2.05, 4.69) is 10.6 Å². The van der Waals surface area contributed by atoms with E-state index in [1.54, 1.807) is 26.2 Å². The summed E-state index contributed by atoms with van der Waals surface area (Å²) in [5, 5.41) is 26.2. The van der Waals surface area contributed by atoms with Gasteiger partial charge < -0.3 is 39.2 Å². The van der Waals surface area contributed by atoms with E-state index in [0.29, 0.717) is 33.4 Å². The zero-order chi connectivity index (χ0) is 30.2. The molecule has 0 aliphatic rings. The maximum Gasteiger partial charge on any atom is 0.336 e. The van der Waals surface area contributed by atoms with Crippen LogP contribution in [0.3, 0.4) is 0 Å². The number of hydrogen-bond acceptors (Lipinski definition) is 14. The van der Waals surface area contributed by atoms with E-state index in [1.807, 2.05) is 0 Å². The third-order valence-electron chi connectivity index (χ3n) is 6.19. The fraction of sp³-hybridized carbons (Fsp3) is 0.286. The molecule has 0 saturated heterocycles. The summed E-state index contributed by atoms with van der Waals surface area (Å²) in [4.78, 5) is 49.1. The van der Waals surface area contributed by atoms with Gasteiger partial charge in [-0.15, -0.1) is 0 Å². The van der Waals surface area contributed by atoms with E-state index in [4.69, 9.17) is 18.3 Å². The molecule has 0 bridgehead atoms. The molecule has 2 aromatic carbocycles. The number of hydrogen-bond donors (Lipinski definition) is 4. The van der Waals surface area contributed by atoms with Crippen LogP contribution in [0.15, 0.2) is 67.0 Å². The Bertz CT molecular complexity index is 1580. The molecule has 2 aromatic heterocycles. The van der Waals surface area contributed by atoms with Crippen molar-refractivity contribution in [2.45, 2.75) is 25.3 Å². The Hall–Kier alpha value is -3.98. The summed E-state index contributed by atoms with van der Waals surface area (Å²) in [7, 11) is 5.96. The number of carbonyl (C=O) groups is 2. The summed E-state index contributed by atoms with van der Waals surface area (Å²) in [6.45, 7) is -0.315. The minimum absolute atomic E-state index is 0.0563. The lowest BCUT2D eigenvalue weighted by Gasteiger charge is -2.17. The van der Waals surface area contributed by atoms with Gasteiger partial charge in [0, 0.05) is 57.7 Å². The van der Waals surface area contributed by atoms with Crippen LogP contribution in [0.2, 0.25) is 0 Å². The summed E-state index contributed by atoms with van der Waals surface area (Å²) < 4.78 is 21.1. The molecule has 2 atom stereocenters. The molecule has 42 heavy (non-hydrogen) atoms. The van der Waals surface area contributed by atoms with Crippen molar-refractivity contribution < 1.29 is 38.1 Å². The molecule has 4 rings (SSSR count).